The Morgan fingerprint density at radius 1 is 1.26 bits per heavy atom. The molecule has 0 fully saturated rings. The molecule has 0 radical (unpaired) electrons. The van der Waals surface area contributed by atoms with Crippen LogP contribution in [0.1, 0.15) is 19.4 Å². The second-order valence-electron chi connectivity index (χ2n) is 4.01. The number of hydrogen-bond donors (Lipinski definition) is 1. The van der Waals surface area contributed by atoms with Crippen LogP contribution in [-0.4, -0.2) is 24.0 Å². The summed E-state index contributed by atoms with van der Waals surface area (Å²) >= 11 is 11.1. The molecule has 1 aromatic rings. The van der Waals surface area contributed by atoms with Gasteiger partial charge in [-0.1, -0.05) is 42.3 Å². The normalized spacial score (nSPS) is 9.89. The van der Waals surface area contributed by atoms with Crippen molar-refractivity contribution in [2.45, 2.75) is 20.3 Å². The van der Waals surface area contributed by atoms with E-state index in [4.69, 9.17) is 23.2 Å². The predicted octanol–water partition coefficient (Wildman–Crippen LogP) is 4.42. The smallest absolute Gasteiger partial charge is 0.321 e. The Bertz CT molecular complexity index is 439. The number of rotatable bonds is 5. The third-order valence-electron chi connectivity index (χ3n) is 2.75. The van der Waals surface area contributed by atoms with Gasteiger partial charge in [-0.3, -0.25) is 0 Å². The largest absolute Gasteiger partial charge is 0.322 e. The fourth-order valence-electron chi connectivity index (χ4n) is 1.56. The third-order valence-corrected chi connectivity index (χ3v) is 3.06. The number of carbonyl (C=O) groups is 1. The Hall–Kier alpha value is -1.19. The molecule has 0 spiro atoms. The first-order valence-corrected chi connectivity index (χ1v) is 6.98. The maximum absolute atomic E-state index is 12.0. The van der Waals surface area contributed by atoms with Gasteiger partial charge in [0.05, 0.1) is 0 Å². The van der Waals surface area contributed by atoms with Crippen molar-refractivity contribution < 1.29 is 4.79 Å². The maximum atomic E-state index is 12.0. The minimum Gasteiger partial charge on any atom is -0.321 e. The summed E-state index contributed by atoms with van der Waals surface area (Å²) in [5.74, 6) is 0. The molecule has 1 N–H and O–H groups in total. The van der Waals surface area contributed by atoms with E-state index in [-0.39, 0.29) is 10.5 Å². The number of hydrogen-bond acceptors (Lipinski definition) is 1. The van der Waals surface area contributed by atoms with Crippen LogP contribution in [0, 0.1) is 0 Å². The van der Waals surface area contributed by atoms with Crippen molar-refractivity contribution in [3.05, 3.63) is 40.4 Å². The summed E-state index contributed by atoms with van der Waals surface area (Å²) in [5, 5.41) is 2.84. The number of urea groups is 1. The van der Waals surface area contributed by atoms with E-state index in [0.29, 0.717) is 13.1 Å². The zero-order valence-corrected chi connectivity index (χ0v) is 12.6. The molecule has 0 aromatic heterocycles. The molecule has 0 aliphatic rings. The second kappa shape index (κ2) is 8.08. The third kappa shape index (κ3) is 5.53. The van der Waals surface area contributed by atoms with E-state index in [1.165, 1.54) is 5.56 Å². The van der Waals surface area contributed by atoms with Gasteiger partial charge in [-0.25, -0.2) is 4.79 Å². The average Bonchev–Trinajstić information content (AvgIpc) is 2.40. The Kier molecular flexibility index (Phi) is 6.74. The summed E-state index contributed by atoms with van der Waals surface area (Å²) in [5.41, 5.74) is 2.02. The van der Waals surface area contributed by atoms with Crippen LogP contribution in [0.25, 0.3) is 0 Å². The summed E-state index contributed by atoms with van der Waals surface area (Å²) < 4.78 is 0.165. The molecule has 0 saturated carbocycles. The average molecular weight is 301 g/mol. The SMILES string of the molecule is CCc1ccc(NC(=O)N(CC)CC=C(Cl)Cl)cc1. The molecule has 0 aliphatic heterocycles. The van der Waals surface area contributed by atoms with Gasteiger partial charge in [0.25, 0.3) is 0 Å². The Balaban J connectivity index is 2.62. The van der Waals surface area contributed by atoms with E-state index < -0.39 is 0 Å². The fraction of sp³-hybridized carbons (Fsp3) is 0.357. The van der Waals surface area contributed by atoms with Gasteiger partial charge in [0, 0.05) is 18.8 Å². The summed E-state index contributed by atoms with van der Waals surface area (Å²) in [6, 6.07) is 7.63. The first-order valence-electron chi connectivity index (χ1n) is 6.22. The molecule has 1 aromatic carbocycles. The molecule has 0 bridgehead atoms. The van der Waals surface area contributed by atoms with Gasteiger partial charge in [0.15, 0.2) is 0 Å². The van der Waals surface area contributed by atoms with Crippen molar-refractivity contribution in [3.63, 3.8) is 0 Å². The van der Waals surface area contributed by atoms with Crippen LogP contribution in [0.3, 0.4) is 0 Å². The predicted molar refractivity (Wildman–Crippen MR) is 81.9 cm³/mol. The highest BCUT2D eigenvalue weighted by atomic mass is 35.5. The molecule has 3 nitrogen and oxygen atoms in total. The summed E-state index contributed by atoms with van der Waals surface area (Å²) in [6.07, 6.45) is 2.57. The monoisotopic (exact) mass is 300 g/mol. The molecule has 5 heteroatoms. The van der Waals surface area contributed by atoms with E-state index in [1.807, 2.05) is 31.2 Å². The molecule has 104 valence electrons. The standard InChI is InChI=1S/C14H18Cl2N2O/c1-3-11-5-7-12(8-6-11)17-14(19)18(4-2)10-9-13(15)16/h5-9H,3-4,10H2,1-2H3,(H,17,19). The molecule has 19 heavy (non-hydrogen) atoms. The highest BCUT2D eigenvalue weighted by molar-refractivity contribution is 6.55. The summed E-state index contributed by atoms with van der Waals surface area (Å²) in [4.78, 5) is 13.6. The number of carbonyl (C=O) groups excluding carboxylic acids is 1. The number of aryl methyl sites for hydroxylation is 1. The number of anilines is 1. The first kappa shape index (κ1) is 15.9. The Labute approximate surface area is 124 Å². The van der Waals surface area contributed by atoms with Crippen molar-refractivity contribution in [1.82, 2.24) is 4.90 Å². The van der Waals surface area contributed by atoms with Crippen LogP contribution in [0.2, 0.25) is 0 Å². The maximum Gasteiger partial charge on any atom is 0.322 e. The Morgan fingerprint density at radius 3 is 2.37 bits per heavy atom. The van der Waals surface area contributed by atoms with Crippen molar-refractivity contribution in [1.29, 1.82) is 0 Å². The second-order valence-corrected chi connectivity index (χ2v) is 5.02. The van der Waals surface area contributed by atoms with Crippen molar-refractivity contribution in [3.8, 4) is 0 Å². The fourth-order valence-corrected chi connectivity index (χ4v) is 1.70. The van der Waals surface area contributed by atoms with E-state index >= 15 is 0 Å². The number of nitrogens with zero attached hydrogens (tertiary/aromatic N) is 1. The minimum absolute atomic E-state index is 0.165. The quantitative estimate of drug-likeness (QED) is 0.857. The van der Waals surface area contributed by atoms with Gasteiger partial charge < -0.3 is 10.2 Å². The van der Waals surface area contributed by atoms with Crippen LogP contribution in [0.5, 0.6) is 0 Å². The molecular weight excluding hydrogens is 283 g/mol. The van der Waals surface area contributed by atoms with Crippen molar-refractivity contribution in [2.75, 3.05) is 18.4 Å². The van der Waals surface area contributed by atoms with E-state index in [9.17, 15) is 4.79 Å². The zero-order chi connectivity index (χ0) is 14.3. The lowest BCUT2D eigenvalue weighted by Crippen LogP contribution is -2.34. The van der Waals surface area contributed by atoms with Crippen LogP contribution < -0.4 is 5.32 Å². The number of nitrogens with one attached hydrogen (secondary N) is 1. The van der Waals surface area contributed by atoms with Gasteiger partial charge >= 0.3 is 6.03 Å². The number of likely N-dealkylation sites (N-methyl/N-ethyl adjacent to an activating group) is 1. The number of benzene rings is 1. The van der Waals surface area contributed by atoms with E-state index in [2.05, 4.69) is 12.2 Å². The van der Waals surface area contributed by atoms with Crippen LogP contribution in [0.15, 0.2) is 34.8 Å². The lowest BCUT2D eigenvalue weighted by atomic mass is 10.1. The highest BCUT2D eigenvalue weighted by Crippen LogP contribution is 2.11. The van der Waals surface area contributed by atoms with Gasteiger partial charge in [0.2, 0.25) is 0 Å². The van der Waals surface area contributed by atoms with Gasteiger partial charge in [0.1, 0.15) is 4.49 Å². The zero-order valence-electron chi connectivity index (χ0n) is 11.1. The first-order chi connectivity index (χ1) is 9.06. The molecule has 2 amide bonds. The minimum atomic E-state index is -0.169. The van der Waals surface area contributed by atoms with Gasteiger partial charge in [-0.15, -0.1) is 0 Å². The summed E-state index contributed by atoms with van der Waals surface area (Å²) in [6.45, 7) is 4.96. The molecular formula is C14H18Cl2N2O. The van der Waals surface area contributed by atoms with Crippen LogP contribution in [0.4, 0.5) is 10.5 Å². The Morgan fingerprint density at radius 2 is 1.89 bits per heavy atom. The van der Waals surface area contributed by atoms with Gasteiger partial charge in [-0.2, -0.15) is 0 Å². The number of halogens is 2. The van der Waals surface area contributed by atoms with Crippen molar-refractivity contribution >= 4 is 34.9 Å². The van der Waals surface area contributed by atoms with Crippen LogP contribution in [-0.2, 0) is 6.42 Å². The molecule has 0 atom stereocenters. The van der Waals surface area contributed by atoms with E-state index in [0.717, 1.165) is 12.1 Å². The number of amides is 2. The molecule has 0 saturated heterocycles. The van der Waals surface area contributed by atoms with Crippen molar-refractivity contribution in [2.24, 2.45) is 0 Å². The molecule has 0 unspecified atom stereocenters. The topological polar surface area (TPSA) is 32.3 Å². The lowest BCUT2D eigenvalue weighted by Gasteiger charge is -2.19. The lowest BCUT2D eigenvalue weighted by molar-refractivity contribution is 0.219. The van der Waals surface area contributed by atoms with E-state index in [1.54, 1.807) is 11.0 Å². The highest BCUT2D eigenvalue weighted by Gasteiger charge is 2.10. The molecule has 0 heterocycles. The molecule has 0 aliphatic carbocycles. The van der Waals surface area contributed by atoms with Crippen LogP contribution >= 0.6 is 23.2 Å². The van der Waals surface area contributed by atoms with Gasteiger partial charge in [-0.05, 0) is 37.1 Å². The summed E-state index contributed by atoms with van der Waals surface area (Å²) in [7, 11) is 0. The molecule has 1 rings (SSSR count).